The zero-order chi connectivity index (χ0) is 20.6. The number of nitrogens with two attached hydrogens (primary N) is 1. The van der Waals surface area contributed by atoms with Crippen LogP contribution in [0.3, 0.4) is 0 Å². The molecule has 0 atom stereocenters. The van der Waals surface area contributed by atoms with Gasteiger partial charge in [-0.2, -0.15) is 0 Å². The molecule has 4 aromatic rings. The molecule has 0 saturated carbocycles. The van der Waals surface area contributed by atoms with E-state index in [9.17, 15) is 13.2 Å². The van der Waals surface area contributed by atoms with Crippen LogP contribution in [-0.4, -0.2) is 24.3 Å². The number of H-pyrrole nitrogens is 1. The normalized spacial score (nSPS) is 11.5. The molecule has 0 spiro atoms. The third kappa shape index (κ3) is 4.07. The number of imidazole rings is 1. The van der Waals surface area contributed by atoms with Gasteiger partial charge < -0.3 is 10.3 Å². The smallest absolute Gasteiger partial charge is 0.256 e. The number of primary sulfonamides is 1. The van der Waals surface area contributed by atoms with Crippen molar-refractivity contribution >= 4 is 48.6 Å². The highest BCUT2D eigenvalue weighted by atomic mass is 79.9. The Morgan fingerprint density at radius 3 is 2.45 bits per heavy atom. The molecule has 7 nitrogen and oxygen atoms in total. The number of benzene rings is 3. The first-order valence-electron chi connectivity index (χ1n) is 8.50. The lowest BCUT2D eigenvalue weighted by Gasteiger charge is -2.09. The van der Waals surface area contributed by atoms with Gasteiger partial charge in [-0.05, 0) is 70.5 Å². The predicted molar refractivity (Wildman–Crippen MR) is 115 cm³/mol. The quantitative estimate of drug-likeness (QED) is 0.419. The summed E-state index contributed by atoms with van der Waals surface area (Å²) in [5.74, 6) is 0.270. The summed E-state index contributed by atoms with van der Waals surface area (Å²) in [6.07, 6.45) is 0. The van der Waals surface area contributed by atoms with Crippen LogP contribution < -0.4 is 10.5 Å². The minimum absolute atomic E-state index is 0.133. The van der Waals surface area contributed by atoms with Gasteiger partial charge in [-0.3, -0.25) is 4.79 Å². The van der Waals surface area contributed by atoms with Crippen LogP contribution in [0.4, 0.5) is 5.69 Å². The third-order valence-electron chi connectivity index (χ3n) is 4.32. The van der Waals surface area contributed by atoms with E-state index in [4.69, 9.17) is 5.14 Å². The summed E-state index contributed by atoms with van der Waals surface area (Å²) in [7, 11) is -3.91. The highest BCUT2D eigenvalue weighted by molar-refractivity contribution is 9.10. The average molecular weight is 471 g/mol. The Balaban J connectivity index is 1.57. The maximum atomic E-state index is 12.6. The first-order valence-corrected chi connectivity index (χ1v) is 10.8. The molecule has 0 aliphatic heterocycles. The van der Waals surface area contributed by atoms with Crippen LogP contribution in [0, 0.1) is 0 Å². The predicted octanol–water partition coefficient (Wildman–Crippen LogP) is 3.89. The molecular formula is C20H15BrN4O3S. The number of fused-ring (bicyclic) bond motifs is 1. The number of hydrogen-bond acceptors (Lipinski definition) is 4. The number of nitrogens with one attached hydrogen (secondary N) is 2. The van der Waals surface area contributed by atoms with E-state index in [0.29, 0.717) is 10.2 Å². The van der Waals surface area contributed by atoms with Gasteiger partial charge in [0.15, 0.2) is 0 Å². The second kappa shape index (κ2) is 7.43. The van der Waals surface area contributed by atoms with Gasteiger partial charge in [0.25, 0.3) is 5.91 Å². The first kappa shape index (κ1) is 19.3. The number of carbonyl (C=O) groups excluding carboxylic acids is 1. The number of hydrogen-bond donors (Lipinski definition) is 3. The van der Waals surface area contributed by atoms with Crippen molar-refractivity contribution in [3.8, 4) is 11.4 Å². The molecule has 29 heavy (non-hydrogen) atoms. The van der Waals surface area contributed by atoms with Crippen molar-refractivity contribution in [2.24, 2.45) is 5.14 Å². The van der Waals surface area contributed by atoms with Crippen molar-refractivity contribution < 1.29 is 13.2 Å². The lowest BCUT2D eigenvalue weighted by Crippen LogP contribution is -2.16. The van der Waals surface area contributed by atoms with E-state index < -0.39 is 15.9 Å². The second-order valence-corrected chi connectivity index (χ2v) is 8.74. The molecule has 9 heteroatoms. The standard InChI is InChI=1S/C20H15BrN4O3S/c21-16-10-9-14(29(22,27)28)11-15(16)20(26)23-13-7-5-12(6-8-13)19-24-17-3-1-2-4-18(17)25-19/h1-11H,(H,23,26)(H,24,25)(H2,22,27,28). The molecule has 0 unspecified atom stereocenters. The number of aromatic amines is 1. The topological polar surface area (TPSA) is 118 Å². The maximum Gasteiger partial charge on any atom is 0.256 e. The Hall–Kier alpha value is -3.01. The number of halogens is 1. The highest BCUT2D eigenvalue weighted by Crippen LogP contribution is 2.24. The summed E-state index contributed by atoms with van der Waals surface area (Å²) in [5, 5.41) is 7.89. The van der Waals surface area contributed by atoms with Crippen molar-refractivity contribution in [3.05, 3.63) is 76.8 Å². The number of sulfonamides is 1. The molecule has 0 bridgehead atoms. The molecule has 4 rings (SSSR count). The van der Waals surface area contributed by atoms with E-state index >= 15 is 0 Å². The van der Waals surface area contributed by atoms with Gasteiger partial charge in [-0.25, -0.2) is 18.5 Å². The van der Waals surface area contributed by atoms with Crippen LogP contribution in [0.15, 0.2) is 76.1 Å². The van der Waals surface area contributed by atoms with E-state index in [-0.39, 0.29) is 10.5 Å². The van der Waals surface area contributed by atoms with Gasteiger partial charge in [-0.15, -0.1) is 0 Å². The van der Waals surface area contributed by atoms with E-state index in [1.807, 2.05) is 36.4 Å². The molecule has 1 heterocycles. The summed E-state index contributed by atoms with van der Waals surface area (Å²) in [4.78, 5) is 20.3. The van der Waals surface area contributed by atoms with Crippen molar-refractivity contribution in [3.63, 3.8) is 0 Å². The number of amides is 1. The Bertz CT molecular complexity index is 1300. The second-order valence-electron chi connectivity index (χ2n) is 6.32. The van der Waals surface area contributed by atoms with E-state index in [1.54, 1.807) is 12.1 Å². The number of nitrogens with zero attached hydrogens (tertiary/aromatic N) is 1. The number of rotatable bonds is 4. The van der Waals surface area contributed by atoms with Gasteiger partial charge in [0.2, 0.25) is 10.0 Å². The fraction of sp³-hybridized carbons (Fsp3) is 0. The van der Waals surface area contributed by atoms with E-state index in [0.717, 1.165) is 22.4 Å². The average Bonchev–Trinajstić information content (AvgIpc) is 3.12. The fourth-order valence-electron chi connectivity index (χ4n) is 2.85. The zero-order valence-corrected chi connectivity index (χ0v) is 17.3. The molecule has 0 aliphatic carbocycles. The first-order chi connectivity index (χ1) is 13.8. The number of carbonyl (C=O) groups is 1. The van der Waals surface area contributed by atoms with Gasteiger partial charge in [0, 0.05) is 15.7 Å². The summed E-state index contributed by atoms with van der Waals surface area (Å²) < 4.78 is 23.5. The van der Waals surface area contributed by atoms with Crippen LogP contribution in [0.1, 0.15) is 10.4 Å². The molecule has 1 aromatic heterocycles. The largest absolute Gasteiger partial charge is 0.338 e. The van der Waals surface area contributed by atoms with Crippen LogP contribution in [0.2, 0.25) is 0 Å². The Morgan fingerprint density at radius 1 is 1.03 bits per heavy atom. The van der Waals surface area contributed by atoms with Crippen molar-refractivity contribution in [1.29, 1.82) is 0 Å². The molecule has 0 saturated heterocycles. The lowest BCUT2D eigenvalue weighted by atomic mass is 10.1. The summed E-state index contributed by atoms with van der Waals surface area (Å²) in [6.45, 7) is 0. The van der Waals surface area contributed by atoms with E-state index in [1.165, 1.54) is 18.2 Å². The Morgan fingerprint density at radius 2 is 1.76 bits per heavy atom. The summed E-state index contributed by atoms with van der Waals surface area (Å²) >= 11 is 3.26. The number of para-hydroxylation sites is 2. The van der Waals surface area contributed by atoms with Crippen LogP contribution in [-0.2, 0) is 10.0 Å². The zero-order valence-electron chi connectivity index (χ0n) is 14.9. The van der Waals surface area contributed by atoms with Gasteiger partial charge in [0.05, 0.1) is 21.5 Å². The maximum absolute atomic E-state index is 12.6. The van der Waals surface area contributed by atoms with Crippen molar-refractivity contribution in [2.45, 2.75) is 4.90 Å². The van der Waals surface area contributed by atoms with Crippen molar-refractivity contribution in [1.82, 2.24) is 9.97 Å². The molecule has 3 aromatic carbocycles. The van der Waals surface area contributed by atoms with E-state index in [2.05, 4.69) is 31.2 Å². The number of anilines is 1. The minimum Gasteiger partial charge on any atom is -0.338 e. The lowest BCUT2D eigenvalue weighted by molar-refractivity contribution is 0.102. The van der Waals surface area contributed by atoms with Crippen LogP contribution >= 0.6 is 15.9 Å². The highest BCUT2D eigenvalue weighted by Gasteiger charge is 2.16. The molecule has 146 valence electrons. The van der Waals surface area contributed by atoms with Crippen molar-refractivity contribution in [2.75, 3.05) is 5.32 Å². The number of aromatic nitrogens is 2. The fourth-order valence-corrected chi connectivity index (χ4v) is 3.82. The molecule has 0 fully saturated rings. The molecule has 1 amide bonds. The monoisotopic (exact) mass is 470 g/mol. The van der Waals surface area contributed by atoms with Gasteiger partial charge in [0.1, 0.15) is 5.82 Å². The summed E-state index contributed by atoms with van der Waals surface area (Å²) in [5.41, 5.74) is 3.41. The SMILES string of the molecule is NS(=O)(=O)c1ccc(Br)c(C(=O)Nc2ccc(-c3nc4ccccc4[nH]3)cc2)c1. The van der Waals surface area contributed by atoms with Gasteiger partial charge in [-0.1, -0.05) is 12.1 Å². The van der Waals surface area contributed by atoms with Crippen LogP contribution in [0.5, 0.6) is 0 Å². The summed E-state index contributed by atoms with van der Waals surface area (Å²) in [6, 6.07) is 18.9. The Labute approximate surface area is 175 Å². The molecule has 0 aliphatic rings. The molecule has 4 N–H and O–H groups in total. The minimum atomic E-state index is -3.91. The van der Waals surface area contributed by atoms with Gasteiger partial charge >= 0.3 is 0 Å². The molecular weight excluding hydrogens is 456 g/mol. The Kier molecular flexibility index (Phi) is 4.95. The van der Waals surface area contributed by atoms with Crippen LogP contribution in [0.25, 0.3) is 22.4 Å². The third-order valence-corrected chi connectivity index (χ3v) is 5.92. The molecule has 0 radical (unpaired) electrons.